The second kappa shape index (κ2) is 8.52. The molecule has 27 heavy (non-hydrogen) atoms. The number of fused-ring (bicyclic) bond motifs is 1. The van der Waals surface area contributed by atoms with E-state index in [-0.39, 0.29) is 6.79 Å². The van der Waals surface area contributed by atoms with Gasteiger partial charge in [0.2, 0.25) is 6.79 Å². The summed E-state index contributed by atoms with van der Waals surface area (Å²) in [5, 5.41) is 10.7. The van der Waals surface area contributed by atoms with Crippen molar-refractivity contribution in [3.8, 4) is 11.5 Å². The molecule has 0 saturated heterocycles. The SMILES string of the molecule is O=C(O)CC1CCC(SC(c2cc3c(cc2Cl)OCO3)C2C[CH]CC2)CC1. The van der Waals surface area contributed by atoms with Crippen LogP contribution in [0.5, 0.6) is 11.5 Å². The minimum Gasteiger partial charge on any atom is -0.481 e. The Kier molecular flexibility index (Phi) is 6.08. The Hall–Kier alpha value is -1.07. The summed E-state index contributed by atoms with van der Waals surface area (Å²) in [5.74, 6) is 1.81. The highest BCUT2D eigenvalue weighted by atomic mass is 35.5. The average Bonchev–Trinajstić information content (AvgIpc) is 3.31. The van der Waals surface area contributed by atoms with Crippen molar-refractivity contribution in [2.45, 2.75) is 61.9 Å². The van der Waals surface area contributed by atoms with Crippen molar-refractivity contribution < 1.29 is 19.4 Å². The predicted octanol–water partition coefficient (Wildman–Crippen LogP) is 5.88. The minimum atomic E-state index is -0.669. The molecular weight excluding hydrogens is 384 g/mol. The number of ether oxygens (including phenoxy) is 2. The molecule has 1 radical (unpaired) electrons. The minimum absolute atomic E-state index is 0.262. The standard InChI is InChI=1S/C21H26ClO4S/c22-17-11-19-18(25-12-26-19)10-16(17)21(14-3-1-2-4-14)27-15-7-5-13(6-8-15)9-20(23)24/h1,10-11,13-15,21H,2-9,12H2,(H,23,24). The maximum atomic E-state index is 11.0. The van der Waals surface area contributed by atoms with Gasteiger partial charge in [-0.2, -0.15) is 11.8 Å². The van der Waals surface area contributed by atoms with E-state index in [4.69, 9.17) is 26.2 Å². The molecule has 2 fully saturated rings. The highest BCUT2D eigenvalue weighted by molar-refractivity contribution is 8.00. The first-order chi connectivity index (χ1) is 13.1. The molecule has 1 aromatic carbocycles. The number of aliphatic carboxylic acids is 1. The van der Waals surface area contributed by atoms with Crippen molar-refractivity contribution in [3.05, 3.63) is 29.1 Å². The summed E-state index contributed by atoms with van der Waals surface area (Å²) in [7, 11) is 0. The third kappa shape index (κ3) is 4.51. The molecule has 0 bridgehead atoms. The van der Waals surface area contributed by atoms with E-state index in [1.165, 1.54) is 18.4 Å². The summed E-state index contributed by atoms with van der Waals surface area (Å²) in [6.45, 7) is 0.262. The van der Waals surface area contributed by atoms with Crippen molar-refractivity contribution in [1.29, 1.82) is 0 Å². The largest absolute Gasteiger partial charge is 0.481 e. The van der Waals surface area contributed by atoms with Gasteiger partial charge in [0.1, 0.15) is 0 Å². The van der Waals surface area contributed by atoms with Crippen LogP contribution in [0.3, 0.4) is 0 Å². The Morgan fingerprint density at radius 1 is 1.19 bits per heavy atom. The normalized spacial score (nSPS) is 26.3. The van der Waals surface area contributed by atoms with Crippen LogP contribution >= 0.6 is 23.4 Å². The number of benzene rings is 1. The third-order valence-corrected chi connectivity index (χ3v) is 8.15. The number of carboxylic acid groups (broad SMARTS) is 1. The molecular formula is C21H26ClO4S. The van der Waals surface area contributed by atoms with Gasteiger partial charge in [0, 0.05) is 28.0 Å². The summed E-state index contributed by atoms with van der Waals surface area (Å²) in [6.07, 6.45) is 10.4. The van der Waals surface area contributed by atoms with Crippen LogP contribution in [-0.2, 0) is 4.79 Å². The van der Waals surface area contributed by atoms with E-state index in [1.807, 2.05) is 17.8 Å². The first-order valence-corrected chi connectivity index (χ1v) is 11.2. The van der Waals surface area contributed by atoms with Crippen LogP contribution in [0.4, 0.5) is 0 Å². The van der Waals surface area contributed by atoms with E-state index in [0.29, 0.717) is 28.8 Å². The van der Waals surface area contributed by atoms with E-state index < -0.39 is 5.97 Å². The van der Waals surface area contributed by atoms with E-state index in [2.05, 4.69) is 12.5 Å². The van der Waals surface area contributed by atoms with Crippen molar-refractivity contribution in [3.63, 3.8) is 0 Å². The molecule has 1 heterocycles. The Labute approximate surface area is 169 Å². The van der Waals surface area contributed by atoms with Gasteiger partial charge in [0.25, 0.3) is 0 Å². The maximum absolute atomic E-state index is 11.0. The van der Waals surface area contributed by atoms with Gasteiger partial charge >= 0.3 is 5.97 Å². The number of carboxylic acids is 1. The van der Waals surface area contributed by atoms with E-state index in [0.717, 1.165) is 48.6 Å². The number of hydrogen-bond donors (Lipinski definition) is 1. The summed E-state index contributed by atoms with van der Waals surface area (Å²) in [6, 6.07) is 3.98. The van der Waals surface area contributed by atoms with Crippen LogP contribution in [0.25, 0.3) is 0 Å². The van der Waals surface area contributed by atoms with Crippen LogP contribution in [0.1, 0.15) is 62.2 Å². The fourth-order valence-electron chi connectivity index (χ4n) is 4.57. The Morgan fingerprint density at radius 3 is 2.59 bits per heavy atom. The van der Waals surface area contributed by atoms with Gasteiger partial charge in [0.05, 0.1) is 0 Å². The lowest BCUT2D eigenvalue weighted by molar-refractivity contribution is -0.138. The summed E-state index contributed by atoms with van der Waals surface area (Å²) in [4.78, 5) is 11.0. The van der Waals surface area contributed by atoms with Crippen LogP contribution < -0.4 is 9.47 Å². The second-order valence-corrected chi connectivity index (χ2v) is 9.74. The molecule has 147 valence electrons. The molecule has 0 amide bonds. The molecule has 1 aliphatic heterocycles. The van der Waals surface area contributed by atoms with Gasteiger partial charge in [-0.15, -0.1) is 0 Å². The molecule has 3 aliphatic rings. The van der Waals surface area contributed by atoms with Gasteiger partial charge in [0.15, 0.2) is 11.5 Å². The molecule has 2 saturated carbocycles. The van der Waals surface area contributed by atoms with Crippen LogP contribution in [0.2, 0.25) is 5.02 Å². The summed E-state index contributed by atoms with van der Waals surface area (Å²) < 4.78 is 11.1. The van der Waals surface area contributed by atoms with E-state index in [1.54, 1.807) is 0 Å². The number of thioether (sulfide) groups is 1. The molecule has 2 aliphatic carbocycles. The molecule has 0 aromatic heterocycles. The van der Waals surface area contributed by atoms with Gasteiger partial charge in [-0.1, -0.05) is 11.6 Å². The third-order valence-electron chi connectivity index (χ3n) is 6.03. The van der Waals surface area contributed by atoms with Crippen LogP contribution in [0, 0.1) is 18.3 Å². The first-order valence-electron chi connectivity index (χ1n) is 9.88. The van der Waals surface area contributed by atoms with Crippen LogP contribution in [-0.4, -0.2) is 23.1 Å². The highest BCUT2D eigenvalue weighted by Crippen LogP contribution is 2.52. The van der Waals surface area contributed by atoms with Gasteiger partial charge in [-0.3, -0.25) is 4.79 Å². The number of hydrogen-bond acceptors (Lipinski definition) is 4. The lowest BCUT2D eigenvalue weighted by Crippen LogP contribution is -2.21. The number of halogens is 1. The fourth-order valence-corrected chi connectivity index (χ4v) is 6.68. The first kappa shape index (κ1) is 19.3. The molecule has 6 heteroatoms. The van der Waals surface area contributed by atoms with E-state index in [9.17, 15) is 4.79 Å². The zero-order chi connectivity index (χ0) is 18.8. The molecule has 4 nitrogen and oxygen atoms in total. The molecule has 2 unspecified atom stereocenters. The van der Waals surface area contributed by atoms with Gasteiger partial charge in [-0.05, 0) is 74.8 Å². The summed E-state index contributed by atoms with van der Waals surface area (Å²) in [5.41, 5.74) is 1.17. The van der Waals surface area contributed by atoms with Crippen molar-refractivity contribution >= 4 is 29.3 Å². The fraction of sp³-hybridized carbons (Fsp3) is 0.619. The summed E-state index contributed by atoms with van der Waals surface area (Å²) >= 11 is 8.70. The zero-order valence-corrected chi connectivity index (χ0v) is 16.9. The zero-order valence-electron chi connectivity index (χ0n) is 15.4. The molecule has 0 spiro atoms. The lowest BCUT2D eigenvalue weighted by Gasteiger charge is -2.33. The highest BCUT2D eigenvalue weighted by Gasteiger charge is 2.34. The molecule has 1 N–H and O–H groups in total. The topological polar surface area (TPSA) is 55.8 Å². The quantitative estimate of drug-likeness (QED) is 0.635. The Morgan fingerprint density at radius 2 is 1.93 bits per heavy atom. The predicted molar refractivity (Wildman–Crippen MR) is 108 cm³/mol. The van der Waals surface area contributed by atoms with E-state index >= 15 is 0 Å². The lowest BCUT2D eigenvalue weighted by atomic mass is 9.87. The van der Waals surface area contributed by atoms with Gasteiger partial charge in [-0.25, -0.2) is 0 Å². The van der Waals surface area contributed by atoms with Gasteiger partial charge < -0.3 is 14.6 Å². The van der Waals surface area contributed by atoms with Crippen molar-refractivity contribution in [2.75, 3.05) is 6.79 Å². The number of carbonyl (C=O) groups is 1. The molecule has 2 atom stereocenters. The average molecular weight is 410 g/mol. The van der Waals surface area contributed by atoms with Crippen LogP contribution in [0.15, 0.2) is 12.1 Å². The maximum Gasteiger partial charge on any atom is 0.303 e. The molecule has 1 aromatic rings. The second-order valence-electron chi connectivity index (χ2n) is 7.89. The number of rotatable bonds is 6. The molecule has 4 rings (SSSR count). The smallest absolute Gasteiger partial charge is 0.303 e. The van der Waals surface area contributed by atoms with Crippen molar-refractivity contribution in [2.24, 2.45) is 11.8 Å². The van der Waals surface area contributed by atoms with Crippen molar-refractivity contribution in [1.82, 2.24) is 0 Å². The Bertz CT molecular complexity index is 681. The Balaban J connectivity index is 1.49. The monoisotopic (exact) mass is 409 g/mol.